The van der Waals surface area contributed by atoms with Gasteiger partial charge >= 0.3 is 5.97 Å². The monoisotopic (exact) mass is 212 g/mol. The fourth-order valence-corrected chi connectivity index (χ4v) is 0.441. The second-order valence-electron chi connectivity index (χ2n) is 1.96. The van der Waals surface area contributed by atoms with Gasteiger partial charge in [0.05, 0.1) is 6.10 Å². The predicted molar refractivity (Wildman–Crippen MR) is 39.7 cm³/mol. The van der Waals surface area contributed by atoms with E-state index in [1.54, 1.807) is 6.92 Å². The Bertz CT molecular complexity index is 116. The largest absolute Gasteiger partial charge is 0.460 e. The molecule has 0 radical (unpaired) electrons. The summed E-state index contributed by atoms with van der Waals surface area (Å²) in [6.45, 7) is 3.58. The van der Waals surface area contributed by atoms with E-state index in [2.05, 4.69) is 20.7 Å². The van der Waals surface area contributed by atoms with Crippen molar-refractivity contribution >= 4 is 21.9 Å². The van der Waals surface area contributed by atoms with E-state index in [1.807, 2.05) is 6.92 Å². The Hall–Kier alpha value is -0.120. The molecule has 0 bridgehead atoms. The first-order valence-corrected chi connectivity index (χ1v) is 3.98. The van der Waals surface area contributed by atoms with Crippen LogP contribution in [0.5, 0.6) is 0 Å². The molecular weight excluding hydrogens is 203 g/mol. The van der Waals surface area contributed by atoms with Gasteiger partial charge in [-0.3, -0.25) is 0 Å². The zero-order chi connectivity index (χ0) is 8.15. The number of carbonyl (C=O) groups excluding carboxylic acids is 1. The number of ether oxygens (including phenoxy) is 1. The van der Waals surface area contributed by atoms with Gasteiger partial charge in [0.1, 0.15) is 0 Å². The van der Waals surface area contributed by atoms with Crippen LogP contribution >= 0.6 is 15.9 Å². The van der Waals surface area contributed by atoms with Gasteiger partial charge in [-0.25, -0.2) is 9.18 Å². The van der Waals surface area contributed by atoms with Crippen LogP contribution in [0.4, 0.5) is 4.39 Å². The molecule has 0 aliphatic heterocycles. The highest BCUT2D eigenvalue weighted by Crippen LogP contribution is 2.06. The topological polar surface area (TPSA) is 26.3 Å². The average molecular weight is 213 g/mol. The second kappa shape index (κ2) is 4.66. The molecule has 2 atom stereocenters. The molecule has 0 saturated carbocycles. The Morgan fingerprint density at radius 2 is 2.30 bits per heavy atom. The van der Waals surface area contributed by atoms with Gasteiger partial charge in [0.25, 0.3) is 5.08 Å². The molecule has 0 N–H and O–H groups in total. The maximum Gasteiger partial charge on any atom is 0.352 e. The molecule has 0 aliphatic carbocycles. The van der Waals surface area contributed by atoms with Crippen LogP contribution in [0.15, 0.2) is 0 Å². The third kappa shape index (κ3) is 3.82. The molecule has 0 aromatic carbocycles. The third-order valence-corrected chi connectivity index (χ3v) is 1.44. The van der Waals surface area contributed by atoms with Crippen molar-refractivity contribution in [2.24, 2.45) is 0 Å². The van der Waals surface area contributed by atoms with Crippen molar-refractivity contribution in [3.63, 3.8) is 0 Å². The summed E-state index contributed by atoms with van der Waals surface area (Å²) in [7, 11) is 0. The summed E-state index contributed by atoms with van der Waals surface area (Å²) < 4.78 is 16.6. The van der Waals surface area contributed by atoms with Crippen LogP contribution in [0.25, 0.3) is 0 Å². The summed E-state index contributed by atoms with van der Waals surface area (Å²) >= 11 is 2.46. The number of halogens is 2. The molecular formula is C6H10BrFO2. The van der Waals surface area contributed by atoms with E-state index in [4.69, 9.17) is 0 Å². The van der Waals surface area contributed by atoms with Gasteiger partial charge in [-0.1, -0.05) is 6.92 Å². The molecule has 0 rings (SSSR count). The molecule has 0 amide bonds. The van der Waals surface area contributed by atoms with E-state index in [0.717, 1.165) is 0 Å². The lowest BCUT2D eigenvalue weighted by Crippen LogP contribution is -2.19. The van der Waals surface area contributed by atoms with E-state index in [-0.39, 0.29) is 6.10 Å². The summed E-state index contributed by atoms with van der Waals surface area (Å²) in [5, 5.41) is -1.69. The molecule has 0 heterocycles. The lowest BCUT2D eigenvalue weighted by atomic mass is 10.3. The van der Waals surface area contributed by atoms with Crippen LogP contribution in [0, 0.1) is 0 Å². The maximum absolute atomic E-state index is 12.0. The first kappa shape index (κ1) is 9.88. The zero-order valence-electron chi connectivity index (χ0n) is 5.93. The van der Waals surface area contributed by atoms with Gasteiger partial charge in [-0.15, -0.1) is 0 Å². The third-order valence-electron chi connectivity index (χ3n) is 1.07. The first-order chi connectivity index (χ1) is 4.57. The first-order valence-electron chi connectivity index (χ1n) is 3.06. The molecule has 0 aromatic heterocycles. The van der Waals surface area contributed by atoms with Gasteiger partial charge < -0.3 is 4.74 Å². The molecule has 0 saturated heterocycles. The Labute approximate surface area is 67.9 Å². The summed E-state index contributed by atoms with van der Waals surface area (Å²) in [5.74, 6) is -0.852. The molecule has 2 nitrogen and oxygen atoms in total. The maximum atomic E-state index is 12.0. The minimum Gasteiger partial charge on any atom is -0.460 e. The fourth-order valence-electron chi connectivity index (χ4n) is 0.333. The van der Waals surface area contributed by atoms with Gasteiger partial charge in [0, 0.05) is 0 Å². The van der Waals surface area contributed by atoms with Gasteiger partial charge in [-0.2, -0.15) is 0 Å². The minimum atomic E-state index is -1.69. The van der Waals surface area contributed by atoms with Gasteiger partial charge in [-0.05, 0) is 29.3 Å². The van der Waals surface area contributed by atoms with Crippen LogP contribution in [-0.4, -0.2) is 17.2 Å². The highest BCUT2D eigenvalue weighted by atomic mass is 79.9. The highest BCUT2D eigenvalue weighted by molar-refractivity contribution is 9.09. The van der Waals surface area contributed by atoms with Crippen LogP contribution in [0.3, 0.4) is 0 Å². The molecule has 10 heavy (non-hydrogen) atoms. The standard InChI is InChI=1S/C6H10BrFO2/c1-3-4(2)10-6(9)5(7)8/h4-5H,3H2,1-2H3/t4?,5-/m1/s1. The van der Waals surface area contributed by atoms with E-state index >= 15 is 0 Å². The van der Waals surface area contributed by atoms with Crippen molar-refractivity contribution in [3.05, 3.63) is 0 Å². The van der Waals surface area contributed by atoms with Gasteiger partial charge in [0.15, 0.2) is 0 Å². The molecule has 0 aromatic rings. The van der Waals surface area contributed by atoms with Crippen molar-refractivity contribution in [2.75, 3.05) is 0 Å². The number of hydrogen-bond acceptors (Lipinski definition) is 2. The Morgan fingerprint density at radius 1 is 1.80 bits per heavy atom. The number of carbonyl (C=O) groups is 1. The lowest BCUT2D eigenvalue weighted by Gasteiger charge is -2.09. The van der Waals surface area contributed by atoms with Crippen LogP contribution in [-0.2, 0) is 9.53 Å². The SMILES string of the molecule is CCC(C)OC(=O)[C@@H](F)Br. The molecule has 0 aliphatic rings. The molecule has 60 valence electrons. The van der Waals surface area contributed by atoms with Crippen molar-refractivity contribution in [1.82, 2.24) is 0 Å². The second-order valence-corrected chi connectivity index (χ2v) is 2.76. The summed E-state index contributed by atoms with van der Waals surface area (Å²) in [6, 6.07) is 0. The van der Waals surface area contributed by atoms with Crippen LogP contribution < -0.4 is 0 Å². The van der Waals surface area contributed by atoms with Crippen molar-refractivity contribution in [1.29, 1.82) is 0 Å². The summed E-state index contributed by atoms with van der Waals surface area (Å²) in [5.41, 5.74) is 0. The van der Waals surface area contributed by atoms with E-state index in [0.29, 0.717) is 6.42 Å². The van der Waals surface area contributed by atoms with E-state index in [1.165, 1.54) is 0 Å². The number of rotatable bonds is 3. The van der Waals surface area contributed by atoms with E-state index < -0.39 is 11.1 Å². The molecule has 0 fully saturated rings. The number of hydrogen-bond donors (Lipinski definition) is 0. The Balaban J connectivity index is 3.57. The van der Waals surface area contributed by atoms with E-state index in [9.17, 15) is 9.18 Å². The zero-order valence-corrected chi connectivity index (χ0v) is 7.52. The van der Waals surface area contributed by atoms with Gasteiger partial charge in [0.2, 0.25) is 0 Å². The number of alkyl halides is 2. The fraction of sp³-hybridized carbons (Fsp3) is 0.833. The van der Waals surface area contributed by atoms with Crippen LogP contribution in [0.1, 0.15) is 20.3 Å². The average Bonchev–Trinajstić information content (AvgIpc) is 1.87. The Morgan fingerprint density at radius 3 is 2.60 bits per heavy atom. The smallest absolute Gasteiger partial charge is 0.352 e. The normalized spacial score (nSPS) is 16.0. The molecule has 4 heteroatoms. The van der Waals surface area contributed by atoms with Crippen molar-refractivity contribution in [2.45, 2.75) is 31.5 Å². The van der Waals surface area contributed by atoms with Crippen molar-refractivity contribution < 1.29 is 13.9 Å². The highest BCUT2D eigenvalue weighted by Gasteiger charge is 2.16. The Kier molecular flexibility index (Phi) is 4.60. The van der Waals surface area contributed by atoms with Crippen LogP contribution in [0.2, 0.25) is 0 Å². The number of esters is 1. The lowest BCUT2D eigenvalue weighted by molar-refractivity contribution is -0.150. The molecule has 1 unspecified atom stereocenters. The minimum absolute atomic E-state index is 0.205. The quantitative estimate of drug-likeness (QED) is 0.529. The van der Waals surface area contributed by atoms with Crippen molar-refractivity contribution in [3.8, 4) is 0 Å². The molecule has 0 spiro atoms. The summed E-state index contributed by atoms with van der Waals surface area (Å²) in [6.07, 6.45) is 0.495. The predicted octanol–water partition coefficient (Wildman–Crippen LogP) is 2.02. The summed E-state index contributed by atoms with van der Waals surface area (Å²) in [4.78, 5) is 10.5.